The van der Waals surface area contributed by atoms with Gasteiger partial charge in [-0.05, 0) is 33.0 Å². The minimum absolute atomic E-state index is 0.817. The molecule has 0 fully saturated rings. The second-order valence-corrected chi connectivity index (χ2v) is 4.84. The number of pyridine rings is 1. The van der Waals surface area contributed by atoms with Crippen molar-refractivity contribution in [2.45, 2.75) is 26.9 Å². The molecule has 0 aromatic carbocycles. The van der Waals surface area contributed by atoms with Crippen LogP contribution >= 0.6 is 0 Å². The molecule has 0 saturated heterocycles. The van der Waals surface area contributed by atoms with Crippen molar-refractivity contribution in [2.75, 3.05) is 19.0 Å². The van der Waals surface area contributed by atoms with Crippen LogP contribution in [0.15, 0.2) is 29.0 Å². The third kappa shape index (κ3) is 3.15. The molecule has 19 heavy (non-hydrogen) atoms. The van der Waals surface area contributed by atoms with Crippen molar-refractivity contribution < 1.29 is 4.42 Å². The van der Waals surface area contributed by atoms with Crippen molar-refractivity contribution in [2.24, 2.45) is 0 Å². The van der Waals surface area contributed by atoms with Gasteiger partial charge in [0.25, 0.3) is 0 Å². The average Bonchev–Trinajstić information content (AvgIpc) is 2.77. The number of rotatable bonds is 5. The van der Waals surface area contributed by atoms with E-state index < -0.39 is 0 Å². The molecule has 0 radical (unpaired) electrons. The predicted molar refractivity (Wildman–Crippen MR) is 77.3 cm³/mol. The van der Waals surface area contributed by atoms with Crippen LogP contribution in [0.3, 0.4) is 0 Å². The second-order valence-electron chi connectivity index (χ2n) is 4.84. The Labute approximate surface area is 114 Å². The summed E-state index contributed by atoms with van der Waals surface area (Å²) < 4.78 is 5.35. The summed E-state index contributed by atoms with van der Waals surface area (Å²) in [6.45, 7) is 5.67. The van der Waals surface area contributed by atoms with Crippen LogP contribution in [0.2, 0.25) is 0 Å². The Bertz CT molecular complexity index is 548. The van der Waals surface area contributed by atoms with Gasteiger partial charge in [0, 0.05) is 48.8 Å². The molecule has 0 aliphatic heterocycles. The van der Waals surface area contributed by atoms with Gasteiger partial charge in [0.1, 0.15) is 5.76 Å². The van der Waals surface area contributed by atoms with Crippen molar-refractivity contribution in [3.05, 3.63) is 47.2 Å². The molecule has 2 aromatic rings. The Balaban J connectivity index is 2.24. The van der Waals surface area contributed by atoms with Crippen LogP contribution in [-0.2, 0) is 13.1 Å². The summed E-state index contributed by atoms with van der Waals surface area (Å²) in [6, 6.07) is 4.15. The Morgan fingerprint density at radius 2 is 2.11 bits per heavy atom. The predicted octanol–water partition coefficient (Wildman–Crippen LogP) is 2.65. The van der Waals surface area contributed by atoms with Crippen molar-refractivity contribution in [3.63, 3.8) is 0 Å². The highest BCUT2D eigenvalue weighted by atomic mass is 16.3. The van der Waals surface area contributed by atoms with Gasteiger partial charge in [-0.1, -0.05) is 0 Å². The summed E-state index contributed by atoms with van der Waals surface area (Å²) >= 11 is 0. The van der Waals surface area contributed by atoms with Crippen LogP contribution in [0.4, 0.5) is 5.69 Å². The van der Waals surface area contributed by atoms with Gasteiger partial charge in [0.2, 0.25) is 0 Å². The minimum Gasteiger partial charge on any atom is -0.469 e. The summed E-state index contributed by atoms with van der Waals surface area (Å²) in [7, 11) is 4.05. The Morgan fingerprint density at radius 1 is 1.32 bits per heavy atom. The minimum atomic E-state index is 0.817. The first kappa shape index (κ1) is 13.6. The average molecular weight is 259 g/mol. The second kappa shape index (κ2) is 5.89. The van der Waals surface area contributed by atoms with E-state index in [9.17, 15) is 0 Å². The van der Waals surface area contributed by atoms with Crippen molar-refractivity contribution >= 4 is 5.69 Å². The van der Waals surface area contributed by atoms with Crippen LogP contribution in [0, 0.1) is 13.8 Å². The first-order chi connectivity index (χ1) is 9.11. The molecule has 0 aliphatic rings. The first-order valence-corrected chi connectivity index (χ1v) is 6.46. The van der Waals surface area contributed by atoms with Crippen molar-refractivity contribution in [1.29, 1.82) is 0 Å². The fourth-order valence-electron chi connectivity index (χ4n) is 2.17. The maximum Gasteiger partial charge on any atom is 0.105 e. The Hall–Kier alpha value is -1.81. The zero-order valence-electron chi connectivity index (χ0n) is 12.0. The molecule has 102 valence electrons. The smallest absolute Gasteiger partial charge is 0.105 e. The van der Waals surface area contributed by atoms with Crippen LogP contribution < -0.4 is 10.2 Å². The fraction of sp³-hybridized carbons (Fsp3) is 0.400. The number of nitrogens with zero attached hydrogens (tertiary/aromatic N) is 2. The summed E-state index contributed by atoms with van der Waals surface area (Å²) in [6.07, 6.45) is 3.69. The van der Waals surface area contributed by atoms with Gasteiger partial charge in [-0.3, -0.25) is 4.98 Å². The lowest BCUT2D eigenvalue weighted by molar-refractivity contribution is 0.529. The third-order valence-electron chi connectivity index (χ3n) is 3.25. The fourth-order valence-corrected chi connectivity index (χ4v) is 2.17. The zero-order valence-corrected chi connectivity index (χ0v) is 12.0. The van der Waals surface area contributed by atoms with Gasteiger partial charge in [0.05, 0.1) is 6.26 Å². The van der Waals surface area contributed by atoms with E-state index in [0.29, 0.717) is 0 Å². The molecule has 1 N–H and O–H groups in total. The quantitative estimate of drug-likeness (QED) is 0.896. The number of aryl methyl sites for hydroxylation is 2. The maximum atomic E-state index is 5.35. The van der Waals surface area contributed by atoms with E-state index in [4.69, 9.17) is 4.42 Å². The normalized spacial score (nSPS) is 10.7. The van der Waals surface area contributed by atoms with E-state index in [1.165, 1.54) is 16.8 Å². The molecule has 4 heteroatoms. The van der Waals surface area contributed by atoms with Gasteiger partial charge in [0.15, 0.2) is 0 Å². The zero-order chi connectivity index (χ0) is 13.8. The number of hydrogen-bond donors (Lipinski definition) is 1. The van der Waals surface area contributed by atoms with E-state index in [0.717, 1.165) is 24.5 Å². The lowest BCUT2D eigenvalue weighted by Gasteiger charge is -2.22. The van der Waals surface area contributed by atoms with Crippen LogP contribution in [0.1, 0.15) is 22.6 Å². The van der Waals surface area contributed by atoms with Gasteiger partial charge in [-0.2, -0.15) is 0 Å². The van der Waals surface area contributed by atoms with Crippen molar-refractivity contribution in [3.8, 4) is 0 Å². The molecular formula is C15H21N3O. The monoisotopic (exact) mass is 259 g/mol. The molecule has 4 nitrogen and oxygen atoms in total. The van der Waals surface area contributed by atoms with E-state index >= 15 is 0 Å². The number of nitrogens with one attached hydrogen (secondary N) is 1. The largest absolute Gasteiger partial charge is 0.469 e. The third-order valence-corrected chi connectivity index (χ3v) is 3.25. The van der Waals surface area contributed by atoms with Crippen molar-refractivity contribution in [1.82, 2.24) is 10.3 Å². The number of hydrogen-bond acceptors (Lipinski definition) is 4. The van der Waals surface area contributed by atoms with Gasteiger partial charge < -0.3 is 14.6 Å². The topological polar surface area (TPSA) is 41.3 Å². The lowest BCUT2D eigenvalue weighted by Crippen LogP contribution is -2.20. The van der Waals surface area contributed by atoms with Gasteiger partial charge in [-0.25, -0.2) is 0 Å². The summed E-state index contributed by atoms with van der Waals surface area (Å²) in [5, 5.41) is 3.18. The van der Waals surface area contributed by atoms with Crippen LogP contribution in [0.5, 0.6) is 0 Å². The molecule has 0 aliphatic carbocycles. The van der Waals surface area contributed by atoms with E-state index in [2.05, 4.69) is 28.3 Å². The summed E-state index contributed by atoms with van der Waals surface area (Å²) in [4.78, 5) is 6.61. The van der Waals surface area contributed by atoms with Crippen LogP contribution in [0.25, 0.3) is 0 Å². The highest BCUT2D eigenvalue weighted by molar-refractivity contribution is 5.53. The lowest BCUT2D eigenvalue weighted by atomic mass is 10.1. The first-order valence-electron chi connectivity index (χ1n) is 6.46. The standard InChI is InChI=1S/C15H21N3O/c1-11-7-15(14(8-16-3)9-17-11)18(4)10-13-5-6-19-12(13)2/h5-7,9,16H,8,10H2,1-4H3. The Morgan fingerprint density at radius 3 is 2.74 bits per heavy atom. The molecule has 0 saturated carbocycles. The maximum absolute atomic E-state index is 5.35. The number of aromatic nitrogens is 1. The van der Waals surface area contributed by atoms with E-state index in [1.807, 2.05) is 33.2 Å². The molecule has 2 heterocycles. The molecular weight excluding hydrogens is 238 g/mol. The summed E-state index contributed by atoms with van der Waals surface area (Å²) in [5.41, 5.74) is 4.66. The Kier molecular flexibility index (Phi) is 4.22. The molecule has 0 amide bonds. The van der Waals surface area contributed by atoms with Crippen LogP contribution in [-0.4, -0.2) is 19.1 Å². The molecule has 0 unspecified atom stereocenters. The summed E-state index contributed by atoms with van der Waals surface area (Å²) in [5.74, 6) is 0.979. The molecule has 2 aromatic heterocycles. The molecule has 0 atom stereocenters. The number of furan rings is 1. The highest BCUT2D eigenvalue weighted by Gasteiger charge is 2.11. The van der Waals surface area contributed by atoms with Gasteiger partial charge in [-0.15, -0.1) is 0 Å². The number of anilines is 1. The molecule has 2 rings (SSSR count). The van der Waals surface area contributed by atoms with E-state index in [-0.39, 0.29) is 0 Å². The van der Waals surface area contributed by atoms with E-state index in [1.54, 1.807) is 6.26 Å². The molecule has 0 bridgehead atoms. The SMILES string of the molecule is CNCc1cnc(C)cc1N(C)Cc1ccoc1C. The van der Waals surface area contributed by atoms with Gasteiger partial charge >= 0.3 is 0 Å². The molecule has 0 spiro atoms. The highest BCUT2D eigenvalue weighted by Crippen LogP contribution is 2.22.